The van der Waals surface area contributed by atoms with Crippen molar-refractivity contribution in [2.45, 2.75) is 43.0 Å². The van der Waals surface area contributed by atoms with Crippen molar-refractivity contribution in [3.63, 3.8) is 0 Å². The van der Waals surface area contributed by atoms with E-state index in [0.717, 1.165) is 11.1 Å². The Morgan fingerprint density at radius 1 is 1.03 bits per heavy atom. The highest BCUT2D eigenvalue weighted by Gasteiger charge is 2.46. The number of amides is 1. The van der Waals surface area contributed by atoms with Crippen molar-refractivity contribution in [3.05, 3.63) is 65.7 Å². The lowest BCUT2D eigenvalue weighted by Gasteiger charge is -2.44. The lowest BCUT2D eigenvalue weighted by molar-refractivity contribution is -0.322. The third-order valence-electron chi connectivity index (χ3n) is 5.46. The summed E-state index contributed by atoms with van der Waals surface area (Å²) in [5.41, 5.74) is 1.78. The number of ether oxygens (including phenoxy) is 4. The van der Waals surface area contributed by atoms with Gasteiger partial charge < -0.3 is 18.9 Å². The zero-order valence-electron chi connectivity index (χ0n) is 17.3. The number of hydrogen-bond donors (Lipinski definition) is 1. The number of fused-ring (bicyclic) bond motifs is 1. The van der Waals surface area contributed by atoms with Crippen LogP contribution in [0.15, 0.2) is 59.5 Å². The Balaban J connectivity index is 1.48. The summed E-state index contributed by atoms with van der Waals surface area (Å²) in [6.45, 7) is 2.13. The monoisotopic (exact) mass is 447 g/mol. The molecule has 0 aromatic heterocycles. The van der Waals surface area contributed by atoms with Gasteiger partial charge in [0.05, 0.1) is 23.5 Å². The van der Waals surface area contributed by atoms with Gasteiger partial charge in [0.2, 0.25) is 5.91 Å². The highest BCUT2D eigenvalue weighted by molar-refractivity contribution is 7.90. The molecule has 2 aliphatic heterocycles. The van der Waals surface area contributed by atoms with Crippen molar-refractivity contribution in [1.29, 1.82) is 0 Å². The van der Waals surface area contributed by atoms with E-state index < -0.39 is 46.6 Å². The topological polar surface area (TPSA) is 100 Å². The quantitative estimate of drug-likeness (QED) is 0.751. The van der Waals surface area contributed by atoms with Gasteiger partial charge in [-0.05, 0) is 25.5 Å². The van der Waals surface area contributed by atoms with E-state index in [4.69, 9.17) is 18.9 Å². The SMILES string of the molecule is COC1OC2COC(c3ccccc3)OC2CC1C(=O)NS(=O)(=O)c1ccc(C)cc1. The molecule has 0 bridgehead atoms. The van der Waals surface area contributed by atoms with Crippen LogP contribution in [0.1, 0.15) is 23.8 Å². The zero-order chi connectivity index (χ0) is 22.0. The number of aryl methyl sites for hydroxylation is 1. The van der Waals surface area contributed by atoms with E-state index in [0.29, 0.717) is 0 Å². The van der Waals surface area contributed by atoms with Crippen molar-refractivity contribution in [2.75, 3.05) is 13.7 Å². The number of benzene rings is 2. The first kappa shape index (κ1) is 21.9. The van der Waals surface area contributed by atoms with E-state index in [-0.39, 0.29) is 17.9 Å². The third kappa shape index (κ3) is 4.81. The zero-order valence-corrected chi connectivity index (χ0v) is 18.1. The molecule has 9 heteroatoms. The van der Waals surface area contributed by atoms with E-state index in [1.165, 1.54) is 19.2 Å². The number of nitrogens with one attached hydrogen (secondary N) is 1. The Bertz CT molecular complexity index is 1010. The number of hydrogen-bond acceptors (Lipinski definition) is 7. The van der Waals surface area contributed by atoms with Crippen molar-refractivity contribution in [2.24, 2.45) is 5.92 Å². The molecule has 5 unspecified atom stereocenters. The first-order valence-electron chi connectivity index (χ1n) is 10.0. The van der Waals surface area contributed by atoms with Crippen LogP contribution in [-0.4, -0.2) is 46.5 Å². The third-order valence-corrected chi connectivity index (χ3v) is 6.82. The smallest absolute Gasteiger partial charge is 0.264 e. The summed E-state index contributed by atoms with van der Waals surface area (Å²) in [6.07, 6.45) is -2.10. The summed E-state index contributed by atoms with van der Waals surface area (Å²) in [5.74, 6) is -1.56. The maximum Gasteiger partial charge on any atom is 0.264 e. The van der Waals surface area contributed by atoms with E-state index in [2.05, 4.69) is 4.72 Å². The van der Waals surface area contributed by atoms with Crippen LogP contribution in [-0.2, 0) is 33.8 Å². The number of rotatable bonds is 5. The van der Waals surface area contributed by atoms with Crippen LogP contribution in [0.25, 0.3) is 0 Å². The molecule has 2 aliphatic rings. The van der Waals surface area contributed by atoms with Crippen LogP contribution in [0.2, 0.25) is 0 Å². The number of carbonyl (C=O) groups is 1. The summed E-state index contributed by atoms with van der Waals surface area (Å²) in [6, 6.07) is 15.7. The van der Waals surface area contributed by atoms with Gasteiger partial charge in [0.25, 0.3) is 10.0 Å². The second-order valence-corrected chi connectivity index (χ2v) is 9.34. The number of carbonyl (C=O) groups excluding carboxylic acids is 1. The Morgan fingerprint density at radius 2 is 1.74 bits per heavy atom. The van der Waals surface area contributed by atoms with Crippen molar-refractivity contribution in [3.8, 4) is 0 Å². The molecular formula is C22H25NO7S. The van der Waals surface area contributed by atoms with Gasteiger partial charge in [-0.15, -0.1) is 0 Å². The van der Waals surface area contributed by atoms with Crippen LogP contribution >= 0.6 is 0 Å². The summed E-state index contributed by atoms with van der Waals surface area (Å²) in [5, 5.41) is 0. The largest absolute Gasteiger partial charge is 0.355 e. The fraction of sp³-hybridized carbons (Fsp3) is 0.409. The molecule has 2 heterocycles. The molecule has 2 aromatic carbocycles. The number of sulfonamides is 1. The van der Waals surface area contributed by atoms with Gasteiger partial charge in [-0.2, -0.15) is 0 Å². The molecule has 0 saturated carbocycles. The molecule has 166 valence electrons. The van der Waals surface area contributed by atoms with Crippen LogP contribution < -0.4 is 4.72 Å². The summed E-state index contributed by atoms with van der Waals surface area (Å²) in [4.78, 5) is 12.9. The van der Waals surface area contributed by atoms with Gasteiger partial charge in [-0.1, -0.05) is 48.0 Å². The maximum atomic E-state index is 12.9. The molecule has 2 aromatic rings. The Kier molecular flexibility index (Phi) is 6.40. The van der Waals surface area contributed by atoms with Gasteiger partial charge in [0.1, 0.15) is 6.10 Å². The van der Waals surface area contributed by atoms with Crippen LogP contribution in [0.3, 0.4) is 0 Å². The number of methoxy groups -OCH3 is 1. The molecule has 31 heavy (non-hydrogen) atoms. The van der Waals surface area contributed by atoms with Crippen LogP contribution in [0, 0.1) is 12.8 Å². The Morgan fingerprint density at radius 3 is 2.42 bits per heavy atom. The highest BCUT2D eigenvalue weighted by Crippen LogP contribution is 2.36. The van der Waals surface area contributed by atoms with Gasteiger partial charge in [-0.3, -0.25) is 4.79 Å². The van der Waals surface area contributed by atoms with E-state index in [9.17, 15) is 13.2 Å². The van der Waals surface area contributed by atoms with Gasteiger partial charge in [-0.25, -0.2) is 13.1 Å². The first-order valence-corrected chi connectivity index (χ1v) is 11.5. The molecule has 0 aliphatic carbocycles. The van der Waals surface area contributed by atoms with E-state index >= 15 is 0 Å². The predicted octanol–water partition coefficient (Wildman–Crippen LogP) is 2.29. The van der Waals surface area contributed by atoms with Crippen LogP contribution in [0.5, 0.6) is 0 Å². The summed E-state index contributed by atoms with van der Waals surface area (Å²) >= 11 is 0. The molecule has 1 amide bonds. The molecular weight excluding hydrogens is 422 g/mol. The molecule has 0 radical (unpaired) electrons. The molecule has 2 saturated heterocycles. The minimum absolute atomic E-state index is 0.0153. The Labute approximate surface area is 181 Å². The minimum atomic E-state index is -4.02. The molecule has 4 rings (SSSR count). The van der Waals surface area contributed by atoms with E-state index in [1.807, 2.05) is 37.3 Å². The fourth-order valence-corrected chi connectivity index (χ4v) is 4.79. The van der Waals surface area contributed by atoms with Gasteiger partial charge in [0, 0.05) is 12.7 Å². The standard InChI is InChI=1S/C22H25NO7S/c1-14-8-10-16(11-9-14)31(25,26)23-20(24)17-12-18-19(30-22(17)27-2)13-28-21(29-18)15-6-4-3-5-7-15/h3-11,17-19,21-22H,12-13H2,1-2H3,(H,23,24). The minimum Gasteiger partial charge on any atom is -0.355 e. The molecule has 2 fully saturated rings. The van der Waals surface area contributed by atoms with E-state index in [1.54, 1.807) is 12.1 Å². The average Bonchev–Trinajstić information content (AvgIpc) is 2.78. The van der Waals surface area contributed by atoms with Crippen molar-refractivity contribution in [1.82, 2.24) is 4.72 Å². The molecule has 8 nitrogen and oxygen atoms in total. The molecule has 0 spiro atoms. The second-order valence-electron chi connectivity index (χ2n) is 7.65. The predicted molar refractivity (Wildman–Crippen MR) is 110 cm³/mol. The normalized spacial score (nSPS) is 28.5. The summed E-state index contributed by atoms with van der Waals surface area (Å²) in [7, 11) is -2.60. The maximum absolute atomic E-state index is 12.9. The lowest BCUT2D eigenvalue weighted by atomic mass is 9.93. The second kappa shape index (κ2) is 9.05. The lowest BCUT2D eigenvalue weighted by Crippen LogP contribution is -2.55. The average molecular weight is 448 g/mol. The fourth-order valence-electron chi connectivity index (χ4n) is 3.76. The summed E-state index contributed by atoms with van der Waals surface area (Å²) < 4.78 is 50.5. The first-order chi connectivity index (χ1) is 14.9. The van der Waals surface area contributed by atoms with Gasteiger partial charge >= 0.3 is 0 Å². The highest BCUT2D eigenvalue weighted by atomic mass is 32.2. The van der Waals surface area contributed by atoms with Gasteiger partial charge in [0.15, 0.2) is 12.6 Å². The molecule has 5 atom stereocenters. The van der Waals surface area contributed by atoms with Crippen LogP contribution in [0.4, 0.5) is 0 Å². The Hall–Kier alpha value is -2.30. The molecule has 1 N–H and O–H groups in total. The van der Waals surface area contributed by atoms with Crippen molar-refractivity contribution < 1.29 is 32.2 Å². The van der Waals surface area contributed by atoms with Crippen molar-refractivity contribution >= 4 is 15.9 Å².